The SMILES string of the molecule is CC1(C)CC(=O)c2c(C(F)(F)F)nn(-c3ccc(C(N)=O)c(NC4CCC(OP(=O)([O-])O)CC4)c3)c2C1.[Na+]. The van der Waals surface area contributed by atoms with E-state index in [4.69, 9.17) is 10.6 Å². The number of nitrogens with zero attached hydrogens (tertiary/aromatic N) is 2. The summed E-state index contributed by atoms with van der Waals surface area (Å²) in [6, 6.07) is 4.03. The Kier molecular flexibility index (Phi) is 8.95. The second kappa shape index (κ2) is 11.0. The Bertz CT molecular complexity index is 1280. The Morgan fingerprint density at radius 1 is 1.26 bits per heavy atom. The molecule has 2 aliphatic rings. The Balaban J connectivity index is 0.00000400. The predicted molar refractivity (Wildman–Crippen MR) is 124 cm³/mol. The minimum absolute atomic E-state index is 0. The summed E-state index contributed by atoms with van der Waals surface area (Å²) >= 11 is 0. The van der Waals surface area contributed by atoms with Gasteiger partial charge in [0.2, 0.25) is 0 Å². The van der Waals surface area contributed by atoms with Gasteiger partial charge in [-0.1, -0.05) is 13.8 Å². The van der Waals surface area contributed by atoms with Gasteiger partial charge in [0, 0.05) is 18.2 Å². The second-order valence-electron chi connectivity index (χ2n) is 10.3. The standard InChI is InChI=1S/C23H28F3N4O6P.Na/c1-22(2)10-17-19(18(31)11-22)20(23(24,25)26)29-30(17)13-5-8-15(21(27)32)16(9-13)28-12-3-6-14(7-4-12)36-37(33,34)35;/h5,8-9,12,14,28H,3-4,6-7,10-11H2,1-2H3,(H2,27,32)(H2,33,34,35);/q;+1/p-1. The zero-order valence-electron chi connectivity index (χ0n) is 21.2. The van der Waals surface area contributed by atoms with E-state index in [1.54, 1.807) is 13.8 Å². The quantitative estimate of drug-likeness (QED) is 0.334. The number of alkyl halides is 3. The Morgan fingerprint density at radius 3 is 2.45 bits per heavy atom. The van der Waals surface area contributed by atoms with E-state index in [1.807, 2.05) is 0 Å². The molecule has 4 N–H and O–H groups in total. The van der Waals surface area contributed by atoms with E-state index in [9.17, 15) is 32.2 Å². The maximum Gasteiger partial charge on any atom is 1.00 e. The molecule has 0 radical (unpaired) electrons. The number of phosphoric acid groups is 1. The number of Topliss-reactive ketones (excluding diaryl/α,β-unsaturated/α-hetero) is 1. The maximum absolute atomic E-state index is 13.8. The van der Waals surface area contributed by atoms with Gasteiger partial charge in [-0.3, -0.25) is 14.2 Å². The van der Waals surface area contributed by atoms with Crippen LogP contribution in [0.1, 0.15) is 78.1 Å². The number of phosphoric ester groups is 1. The number of ketones is 1. The zero-order valence-corrected chi connectivity index (χ0v) is 24.1. The smallest absolute Gasteiger partial charge is 0.756 e. The Hall–Kier alpha value is -1.73. The van der Waals surface area contributed by atoms with Gasteiger partial charge in [0.25, 0.3) is 13.7 Å². The van der Waals surface area contributed by atoms with Crippen LogP contribution in [0.3, 0.4) is 0 Å². The maximum atomic E-state index is 13.8. The molecule has 38 heavy (non-hydrogen) atoms. The van der Waals surface area contributed by atoms with Crippen molar-refractivity contribution in [3.8, 4) is 5.69 Å². The molecule has 202 valence electrons. The molecule has 1 amide bonds. The molecule has 2 aromatic rings. The van der Waals surface area contributed by atoms with E-state index in [2.05, 4.69) is 14.9 Å². The summed E-state index contributed by atoms with van der Waals surface area (Å²) in [7, 11) is -4.86. The zero-order chi connectivity index (χ0) is 27.3. The van der Waals surface area contributed by atoms with Crippen LogP contribution >= 0.6 is 7.82 Å². The van der Waals surface area contributed by atoms with E-state index in [1.165, 1.54) is 18.2 Å². The fraction of sp³-hybridized carbons (Fsp3) is 0.522. The van der Waals surface area contributed by atoms with Crippen LogP contribution in [0.5, 0.6) is 0 Å². The fourth-order valence-corrected chi connectivity index (χ4v) is 5.67. The number of rotatable bonds is 6. The number of aromatic nitrogens is 2. The molecule has 1 aromatic heterocycles. The molecule has 4 rings (SSSR count). The number of carbonyl (C=O) groups excluding carboxylic acids is 2. The molecule has 1 fully saturated rings. The van der Waals surface area contributed by atoms with E-state index < -0.39 is 48.5 Å². The van der Waals surface area contributed by atoms with Gasteiger partial charge in [0.15, 0.2) is 11.5 Å². The van der Waals surface area contributed by atoms with Crippen molar-refractivity contribution in [1.29, 1.82) is 0 Å². The Morgan fingerprint density at radius 2 is 1.89 bits per heavy atom. The van der Waals surface area contributed by atoms with Crippen LogP contribution in [0, 0.1) is 5.41 Å². The second-order valence-corrected chi connectivity index (χ2v) is 11.5. The average molecular weight is 566 g/mol. The van der Waals surface area contributed by atoms with Crippen LogP contribution < -0.4 is 45.5 Å². The first-order chi connectivity index (χ1) is 17.0. The summed E-state index contributed by atoms with van der Waals surface area (Å²) in [5, 5.41) is 6.96. The van der Waals surface area contributed by atoms with Crippen LogP contribution in [-0.2, 0) is 21.7 Å². The van der Waals surface area contributed by atoms with Gasteiger partial charge in [0.05, 0.1) is 28.6 Å². The predicted octanol–water partition coefficient (Wildman–Crippen LogP) is 0.350. The van der Waals surface area contributed by atoms with Gasteiger partial charge in [-0.25, -0.2) is 4.68 Å². The third-order valence-electron chi connectivity index (χ3n) is 6.64. The van der Waals surface area contributed by atoms with Crippen molar-refractivity contribution in [2.24, 2.45) is 11.1 Å². The number of primary amides is 1. The third kappa shape index (κ3) is 6.88. The summed E-state index contributed by atoms with van der Waals surface area (Å²) in [4.78, 5) is 44.7. The molecule has 1 aromatic carbocycles. The molecule has 1 atom stereocenters. The van der Waals surface area contributed by atoms with E-state index >= 15 is 0 Å². The monoisotopic (exact) mass is 566 g/mol. The van der Waals surface area contributed by atoms with Gasteiger partial charge < -0.3 is 25.4 Å². The first kappa shape index (κ1) is 30.8. The number of carbonyl (C=O) groups is 2. The van der Waals surface area contributed by atoms with E-state index in [0.29, 0.717) is 25.7 Å². The molecule has 1 saturated carbocycles. The molecule has 0 bridgehead atoms. The Labute approximate surface area is 239 Å². The van der Waals surface area contributed by atoms with E-state index in [0.717, 1.165) is 4.68 Å². The van der Waals surface area contributed by atoms with Gasteiger partial charge >= 0.3 is 35.7 Å². The van der Waals surface area contributed by atoms with Crippen molar-refractivity contribution < 1.29 is 71.2 Å². The van der Waals surface area contributed by atoms with Gasteiger partial charge in [-0.15, -0.1) is 0 Å². The summed E-state index contributed by atoms with van der Waals surface area (Å²) in [6.45, 7) is 3.59. The number of amides is 1. The average Bonchev–Trinajstić information content (AvgIpc) is 3.13. The van der Waals surface area contributed by atoms with Crippen molar-refractivity contribution in [2.75, 3.05) is 5.32 Å². The fourth-order valence-electron chi connectivity index (χ4n) is 5.08. The van der Waals surface area contributed by atoms with Gasteiger partial charge in [0.1, 0.15) is 0 Å². The first-order valence-electron chi connectivity index (χ1n) is 11.7. The van der Waals surface area contributed by atoms with Crippen molar-refractivity contribution in [3.05, 3.63) is 40.7 Å². The normalized spacial score (nSPS) is 22.7. The minimum atomic E-state index is -4.86. The molecule has 2 aliphatic carbocycles. The summed E-state index contributed by atoms with van der Waals surface area (Å²) in [6.07, 6.45) is -3.85. The van der Waals surface area contributed by atoms with Crippen molar-refractivity contribution in [3.63, 3.8) is 0 Å². The van der Waals surface area contributed by atoms with Crippen LogP contribution in [0.15, 0.2) is 18.2 Å². The number of nitrogens with one attached hydrogen (secondary N) is 1. The molecular weight excluding hydrogens is 539 g/mol. The van der Waals surface area contributed by atoms with Crippen LogP contribution in [-0.4, -0.2) is 38.5 Å². The van der Waals surface area contributed by atoms with E-state index in [-0.39, 0.29) is 71.1 Å². The number of fused-ring (bicyclic) bond motifs is 1. The van der Waals surface area contributed by atoms with Crippen molar-refractivity contribution >= 4 is 25.2 Å². The van der Waals surface area contributed by atoms with Crippen LogP contribution in [0.4, 0.5) is 18.9 Å². The van der Waals surface area contributed by atoms with Crippen molar-refractivity contribution in [1.82, 2.24) is 9.78 Å². The largest absolute Gasteiger partial charge is 1.00 e. The summed E-state index contributed by atoms with van der Waals surface area (Å²) in [5.41, 5.74) is 4.02. The minimum Gasteiger partial charge on any atom is -0.756 e. The summed E-state index contributed by atoms with van der Waals surface area (Å²) < 4.78 is 58.1. The number of hydrogen-bond donors (Lipinski definition) is 3. The molecule has 15 heteroatoms. The molecule has 0 spiro atoms. The van der Waals surface area contributed by atoms with Gasteiger partial charge in [-0.05, 0) is 55.7 Å². The van der Waals surface area contributed by atoms with Crippen molar-refractivity contribution in [2.45, 2.75) is 70.7 Å². The van der Waals surface area contributed by atoms with Crippen LogP contribution in [0.25, 0.3) is 5.69 Å². The number of hydrogen-bond acceptors (Lipinski definition) is 7. The topological polar surface area (TPSA) is 160 Å². The summed E-state index contributed by atoms with van der Waals surface area (Å²) in [5.74, 6) is -1.38. The number of anilines is 1. The molecule has 10 nitrogen and oxygen atoms in total. The number of halogens is 3. The third-order valence-corrected chi connectivity index (χ3v) is 7.21. The molecule has 1 heterocycles. The number of nitrogens with two attached hydrogens (primary N) is 1. The molecule has 0 aliphatic heterocycles. The molecular formula is C23H27F3N4NaO6P. The first-order valence-corrected chi connectivity index (χ1v) is 13.2. The molecule has 0 saturated heterocycles. The number of benzene rings is 1. The van der Waals surface area contributed by atoms with Crippen LogP contribution in [0.2, 0.25) is 0 Å². The van der Waals surface area contributed by atoms with Gasteiger partial charge in [-0.2, -0.15) is 18.3 Å². The molecule has 1 unspecified atom stereocenters.